The zero-order chi connectivity index (χ0) is 15.3. The van der Waals surface area contributed by atoms with E-state index in [-0.39, 0.29) is 0 Å². The van der Waals surface area contributed by atoms with Gasteiger partial charge in [-0.15, -0.1) is 0 Å². The summed E-state index contributed by atoms with van der Waals surface area (Å²) in [4.78, 5) is 2.74. The van der Waals surface area contributed by atoms with Crippen molar-refractivity contribution in [3.63, 3.8) is 0 Å². The average molecular weight is 367 g/mol. The highest BCUT2D eigenvalue weighted by Crippen LogP contribution is 2.30. The third kappa shape index (κ3) is 4.10. The number of likely N-dealkylation sites (tertiary alicyclic amines) is 1. The van der Waals surface area contributed by atoms with Crippen LogP contribution in [0.5, 0.6) is 0 Å². The summed E-state index contributed by atoms with van der Waals surface area (Å²) in [6, 6.07) is 8.58. The summed E-state index contributed by atoms with van der Waals surface area (Å²) in [6.07, 6.45) is 6.44. The van der Waals surface area contributed by atoms with E-state index in [0.29, 0.717) is 5.54 Å². The minimum Gasteiger partial charge on any atom is -0.381 e. The Kier molecular flexibility index (Phi) is 5.91. The molecule has 4 heteroatoms. The fourth-order valence-corrected chi connectivity index (χ4v) is 4.26. The van der Waals surface area contributed by atoms with Crippen LogP contribution in [0.15, 0.2) is 28.7 Å². The lowest BCUT2D eigenvalue weighted by Gasteiger charge is -2.48. The highest BCUT2D eigenvalue weighted by molar-refractivity contribution is 9.10. The van der Waals surface area contributed by atoms with E-state index < -0.39 is 0 Å². The molecule has 22 heavy (non-hydrogen) atoms. The molecule has 0 aliphatic carbocycles. The molecule has 0 radical (unpaired) electrons. The van der Waals surface area contributed by atoms with Crippen LogP contribution in [-0.4, -0.2) is 43.3 Å². The Hall–Kier alpha value is -0.420. The second-order valence-electron chi connectivity index (χ2n) is 6.62. The number of rotatable bonds is 5. The number of nitrogens with zero attached hydrogens (tertiary/aromatic N) is 1. The number of nitrogens with one attached hydrogen (secondary N) is 1. The molecule has 0 atom stereocenters. The molecule has 0 spiro atoms. The molecule has 0 aromatic heterocycles. The lowest BCUT2D eigenvalue weighted by atomic mass is 9.86. The van der Waals surface area contributed by atoms with Gasteiger partial charge in [0.2, 0.25) is 0 Å². The van der Waals surface area contributed by atoms with Gasteiger partial charge in [0, 0.05) is 36.3 Å². The summed E-state index contributed by atoms with van der Waals surface area (Å²) in [5.41, 5.74) is 1.65. The van der Waals surface area contributed by atoms with Crippen molar-refractivity contribution in [1.29, 1.82) is 0 Å². The molecule has 0 unspecified atom stereocenters. The van der Waals surface area contributed by atoms with E-state index in [9.17, 15) is 0 Å². The largest absolute Gasteiger partial charge is 0.381 e. The number of ether oxygens (including phenoxy) is 1. The van der Waals surface area contributed by atoms with Crippen molar-refractivity contribution < 1.29 is 4.74 Å². The molecular weight excluding hydrogens is 340 g/mol. The first kappa shape index (κ1) is 16.4. The van der Waals surface area contributed by atoms with Crippen molar-refractivity contribution in [3.8, 4) is 0 Å². The van der Waals surface area contributed by atoms with Gasteiger partial charge in [-0.25, -0.2) is 0 Å². The van der Waals surface area contributed by atoms with Crippen molar-refractivity contribution in [2.75, 3.05) is 32.8 Å². The molecule has 3 nitrogen and oxygen atoms in total. The summed E-state index contributed by atoms with van der Waals surface area (Å²) in [7, 11) is 0. The maximum atomic E-state index is 5.64. The minimum absolute atomic E-state index is 0.310. The third-order valence-electron chi connectivity index (χ3n) is 5.12. The highest BCUT2D eigenvalue weighted by atomic mass is 79.9. The molecule has 122 valence electrons. The molecule has 3 rings (SSSR count). The van der Waals surface area contributed by atoms with Crippen LogP contribution in [0.3, 0.4) is 0 Å². The lowest BCUT2D eigenvalue weighted by molar-refractivity contribution is -0.0358. The van der Waals surface area contributed by atoms with Crippen LogP contribution in [-0.2, 0) is 11.3 Å². The smallest absolute Gasteiger partial charge is 0.0484 e. The van der Waals surface area contributed by atoms with E-state index in [0.717, 1.165) is 30.8 Å². The van der Waals surface area contributed by atoms with E-state index in [2.05, 4.69) is 50.4 Å². The predicted molar refractivity (Wildman–Crippen MR) is 94.1 cm³/mol. The minimum atomic E-state index is 0.310. The third-order valence-corrected chi connectivity index (χ3v) is 5.62. The topological polar surface area (TPSA) is 24.5 Å². The number of hydrogen-bond donors (Lipinski definition) is 1. The molecule has 0 amide bonds. The van der Waals surface area contributed by atoms with Crippen LogP contribution in [0.2, 0.25) is 0 Å². The molecule has 2 aliphatic rings. The molecule has 0 saturated carbocycles. The number of halogens is 1. The molecule has 2 heterocycles. The van der Waals surface area contributed by atoms with Crippen molar-refractivity contribution in [3.05, 3.63) is 34.3 Å². The summed E-state index contributed by atoms with van der Waals surface area (Å²) >= 11 is 3.55. The quantitative estimate of drug-likeness (QED) is 0.861. The van der Waals surface area contributed by atoms with Crippen molar-refractivity contribution in [2.45, 2.75) is 44.2 Å². The van der Waals surface area contributed by atoms with E-state index in [1.165, 1.54) is 50.8 Å². The molecule has 1 aromatic rings. The molecule has 1 N–H and O–H groups in total. The predicted octanol–water partition coefficient (Wildman–Crippen LogP) is 3.57. The second kappa shape index (κ2) is 7.91. The van der Waals surface area contributed by atoms with Crippen LogP contribution in [0.4, 0.5) is 0 Å². The van der Waals surface area contributed by atoms with E-state index in [1.807, 2.05) is 0 Å². The lowest BCUT2D eigenvalue weighted by Crippen LogP contribution is -2.59. The molecular formula is C18H27BrN2O. The molecule has 0 bridgehead atoms. The van der Waals surface area contributed by atoms with Gasteiger partial charge in [-0.3, -0.25) is 4.90 Å². The van der Waals surface area contributed by atoms with Gasteiger partial charge in [0.05, 0.1) is 0 Å². The first-order valence-corrected chi connectivity index (χ1v) is 9.36. The molecule has 2 aliphatic heterocycles. The van der Waals surface area contributed by atoms with Gasteiger partial charge >= 0.3 is 0 Å². The van der Waals surface area contributed by atoms with Gasteiger partial charge < -0.3 is 10.1 Å². The maximum absolute atomic E-state index is 5.64. The summed E-state index contributed by atoms with van der Waals surface area (Å²) in [6.45, 7) is 6.36. The Bertz CT molecular complexity index is 468. The normalized spacial score (nSPS) is 22.6. The summed E-state index contributed by atoms with van der Waals surface area (Å²) in [5, 5.41) is 3.72. The fraction of sp³-hybridized carbons (Fsp3) is 0.667. The molecule has 2 saturated heterocycles. The summed E-state index contributed by atoms with van der Waals surface area (Å²) in [5.74, 6) is 0. The van der Waals surface area contributed by atoms with Crippen LogP contribution in [0.25, 0.3) is 0 Å². The first-order valence-electron chi connectivity index (χ1n) is 8.57. The summed E-state index contributed by atoms with van der Waals surface area (Å²) < 4.78 is 6.79. The van der Waals surface area contributed by atoms with Crippen LogP contribution in [0, 0.1) is 0 Å². The first-order chi connectivity index (χ1) is 10.8. The van der Waals surface area contributed by atoms with Crippen LogP contribution in [0.1, 0.15) is 37.7 Å². The molecule has 1 aromatic carbocycles. The SMILES string of the molecule is Brc1cccc(CNCC2(N3CCCCC3)CCOCC2)c1. The van der Waals surface area contributed by atoms with Crippen molar-refractivity contribution >= 4 is 15.9 Å². The Morgan fingerprint density at radius 3 is 2.64 bits per heavy atom. The fourth-order valence-electron chi connectivity index (χ4n) is 3.81. The van der Waals surface area contributed by atoms with Crippen molar-refractivity contribution in [2.24, 2.45) is 0 Å². The zero-order valence-electron chi connectivity index (χ0n) is 13.3. The average Bonchev–Trinajstić information content (AvgIpc) is 2.57. The van der Waals surface area contributed by atoms with Gasteiger partial charge in [0.25, 0.3) is 0 Å². The monoisotopic (exact) mass is 366 g/mol. The Morgan fingerprint density at radius 1 is 1.14 bits per heavy atom. The molecule has 2 fully saturated rings. The van der Waals surface area contributed by atoms with Crippen LogP contribution < -0.4 is 5.32 Å². The van der Waals surface area contributed by atoms with Gasteiger partial charge in [-0.05, 0) is 56.5 Å². The van der Waals surface area contributed by atoms with Gasteiger partial charge in [0.15, 0.2) is 0 Å². The standard InChI is InChI=1S/C18H27BrN2O/c19-17-6-4-5-16(13-17)14-20-15-18(7-11-22-12-8-18)21-9-2-1-3-10-21/h4-6,13,20H,1-3,7-12,14-15H2. The van der Waals surface area contributed by atoms with Gasteiger partial charge in [-0.2, -0.15) is 0 Å². The number of benzene rings is 1. The number of piperidine rings is 1. The Labute approximate surface area is 142 Å². The van der Waals surface area contributed by atoms with Gasteiger partial charge in [0.1, 0.15) is 0 Å². The van der Waals surface area contributed by atoms with E-state index in [1.54, 1.807) is 0 Å². The second-order valence-corrected chi connectivity index (χ2v) is 7.53. The van der Waals surface area contributed by atoms with E-state index >= 15 is 0 Å². The number of hydrogen-bond acceptors (Lipinski definition) is 3. The maximum Gasteiger partial charge on any atom is 0.0484 e. The zero-order valence-corrected chi connectivity index (χ0v) is 14.9. The van der Waals surface area contributed by atoms with Crippen LogP contribution >= 0.6 is 15.9 Å². The van der Waals surface area contributed by atoms with Gasteiger partial charge in [-0.1, -0.05) is 34.5 Å². The van der Waals surface area contributed by atoms with Crippen molar-refractivity contribution in [1.82, 2.24) is 10.2 Å². The Balaban J connectivity index is 1.60. The Morgan fingerprint density at radius 2 is 1.91 bits per heavy atom. The highest BCUT2D eigenvalue weighted by Gasteiger charge is 2.38. The van der Waals surface area contributed by atoms with E-state index in [4.69, 9.17) is 4.74 Å².